The molecule has 106 valence electrons. The number of rotatable bonds is 2. The van der Waals surface area contributed by atoms with Crippen molar-refractivity contribution in [2.75, 3.05) is 0 Å². The van der Waals surface area contributed by atoms with Gasteiger partial charge in [0.15, 0.2) is 0 Å². The first-order chi connectivity index (χ1) is 8.01. The van der Waals surface area contributed by atoms with Crippen LogP contribution in [-0.2, 0) is 4.79 Å². The van der Waals surface area contributed by atoms with Crippen LogP contribution in [0.2, 0.25) is 0 Å². The Morgan fingerprint density at radius 3 is 2.11 bits per heavy atom. The summed E-state index contributed by atoms with van der Waals surface area (Å²) >= 11 is 0. The second kappa shape index (κ2) is 4.84. The number of carbonyl (C=O) groups is 1. The van der Waals surface area contributed by atoms with Crippen molar-refractivity contribution in [1.82, 2.24) is 0 Å². The van der Waals surface area contributed by atoms with Crippen molar-refractivity contribution in [3.05, 3.63) is 0 Å². The van der Waals surface area contributed by atoms with Crippen LogP contribution in [0.15, 0.2) is 0 Å². The van der Waals surface area contributed by atoms with Crippen molar-refractivity contribution in [3.8, 4) is 0 Å². The molecule has 0 aromatic rings. The third kappa shape index (κ3) is 2.87. The van der Waals surface area contributed by atoms with Crippen LogP contribution >= 0.6 is 0 Å². The van der Waals surface area contributed by atoms with Gasteiger partial charge in [0.25, 0.3) is 0 Å². The number of carboxylic acids is 1. The van der Waals surface area contributed by atoms with Gasteiger partial charge in [-0.2, -0.15) is 0 Å². The van der Waals surface area contributed by atoms with Crippen LogP contribution in [0.1, 0.15) is 66.7 Å². The van der Waals surface area contributed by atoms with Crippen molar-refractivity contribution in [2.45, 2.75) is 72.3 Å². The highest BCUT2D eigenvalue weighted by molar-refractivity contribution is 5.75. The van der Waals surface area contributed by atoms with E-state index in [1.54, 1.807) is 13.8 Å². The number of carboxylic acid groups (broad SMARTS) is 1. The van der Waals surface area contributed by atoms with Gasteiger partial charge in [0.1, 0.15) is 0 Å². The third-order valence-corrected chi connectivity index (χ3v) is 4.97. The maximum Gasteiger partial charge on any atom is 0.312 e. The molecule has 2 unspecified atom stereocenters. The normalized spacial score (nSPS) is 30.9. The Morgan fingerprint density at radius 2 is 1.67 bits per heavy atom. The second-order valence-corrected chi connectivity index (χ2v) is 7.46. The third-order valence-electron chi connectivity index (χ3n) is 4.97. The van der Waals surface area contributed by atoms with Gasteiger partial charge < -0.3 is 10.2 Å². The molecule has 18 heavy (non-hydrogen) atoms. The smallest absolute Gasteiger partial charge is 0.312 e. The lowest BCUT2D eigenvalue weighted by atomic mass is 9.70. The molecule has 3 nitrogen and oxygen atoms in total. The van der Waals surface area contributed by atoms with Gasteiger partial charge in [0.2, 0.25) is 0 Å². The van der Waals surface area contributed by atoms with Gasteiger partial charge in [-0.25, -0.2) is 0 Å². The summed E-state index contributed by atoms with van der Waals surface area (Å²) < 4.78 is 0. The largest absolute Gasteiger partial charge is 0.481 e. The van der Waals surface area contributed by atoms with Crippen molar-refractivity contribution in [1.29, 1.82) is 0 Å². The van der Waals surface area contributed by atoms with Crippen molar-refractivity contribution in [3.63, 3.8) is 0 Å². The molecule has 1 saturated carbocycles. The summed E-state index contributed by atoms with van der Waals surface area (Å²) in [6, 6.07) is 0. The van der Waals surface area contributed by atoms with Gasteiger partial charge in [0, 0.05) is 0 Å². The number of hydrogen-bond acceptors (Lipinski definition) is 2. The van der Waals surface area contributed by atoms with Crippen LogP contribution in [0.4, 0.5) is 0 Å². The maximum absolute atomic E-state index is 11.4. The molecule has 0 aliphatic heterocycles. The summed E-state index contributed by atoms with van der Waals surface area (Å²) in [5.41, 5.74) is -1.91. The molecular formula is C15H28O3. The average molecular weight is 256 g/mol. The number of hydrogen-bond donors (Lipinski definition) is 2. The highest BCUT2D eigenvalue weighted by atomic mass is 16.4. The summed E-state index contributed by atoms with van der Waals surface area (Å²) in [6.07, 6.45) is 4.10. The summed E-state index contributed by atoms with van der Waals surface area (Å²) in [5, 5.41) is 20.1. The number of aliphatic hydroxyl groups is 1. The standard InChI is InChI=1S/C15H28O3/c1-13(2,3)11-7-6-9-15(18,10-8-11)14(4,5)12(16)17/h11,18H,6-10H2,1-5H3,(H,16,17). The minimum Gasteiger partial charge on any atom is -0.481 e. The molecule has 0 saturated heterocycles. The average Bonchev–Trinajstić information content (AvgIpc) is 2.40. The molecule has 3 heteroatoms. The maximum atomic E-state index is 11.4. The van der Waals surface area contributed by atoms with E-state index in [4.69, 9.17) is 0 Å². The Balaban J connectivity index is 2.87. The predicted molar refractivity (Wildman–Crippen MR) is 72.4 cm³/mol. The molecule has 0 amide bonds. The van der Waals surface area contributed by atoms with Crippen LogP contribution in [0.3, 0.4) is 0 Å². The van der Waals surface area contributed by atoms with Crippen LogP contribution in [0.25, 0.3) is 0 Å². The zero-order chi connectivity index (χ0) is 14.2. The summed E-state index contributed by atoms with van der Waals surface area (Å²) in [6.45, 7) is 9.97. The molecule has 1 aliphatic rings. The van der Waals surface area contributed by atoms with E-state index in [9.17, 15) is 15.0 Å². The molecule has 0 heterocycles. The fraction of sp³-hybridized carbons (Fsp3) is 0.933. The van der Waals surface area contributed by atoms with E-state index in [1.807, 2.05) is 0 Å². The van der Waals surface area contributed by atoms with E-state index >= 15 is 0 Å². The SMILES string of the molecule is CC(C)(C)C1CCCC(O)(C(C)(C)C(=O)O)CC1. The zero-order valence-electron chi connectivity index (χ0n) is 12.4. The van der Waals surface area contributed by atoms with Crippen molar-refractivity contribution in [2.24, 2.45) is 16.7 Å². The van der Waals surface area contributed by atoms with Gasteiger partial charge >= 0.3 is 5.97 Å². The Hall–Kier alpha value is -0.570. The molecule has 0 aromatic carbocycles. The van der Waals surface area contributed by atoms with E-state index < -0.39 is 17.0 Å². The molecular weight excluding hydrogens is 228 g/mol. The van der Waals surface area contributed by atoms with Crippen LogP contribution in [0.5, 0.6) is 0 Å². The lowest BCUT2D eigenvalue weighted by molar-refractivity contribution is -0.166. The monoisotopic (exact) mass is 256 g/mol. The first-order valence-electron chi connectivity index (χ1n) is 6.96. The van der Waals surface area contributed by atoms with Crippen LogP contribution in [0, 0.1) is 16.7 Å². The molecule has 0 bridgehead atoms. The quantitative estimate of drug-likeness (QED) is 0.744. The van der Waals surface area contributed by atoms with Gasteiger partial charge in [-0.3, -0.25) is 4.79 Å². The molecule has 2 N–H and O–H groups in total. The highest BCUT2D eigenvalue weighted by Crippen LogP contribution is 2.46. The summed E-state index contributed by atoms with van der Waals surface area (Å²) in [4.78, 5) is 11.4. The lowest BCUT2D eigenvalue weighted by Crippen LogP contribution is -2.49. The van der Waals surface area contributed by atoms with Gasteiger partial charge in [-0.1, -0.05) is 27.2 Å². The Labute approximate surface area is 111 Å². The molecule has 0 spiro atoms. The predicted octanol–water partition coefficient (Wildman–Crippen LogP) is 3.45. The molecule has 1 aliphatic carbocycles. The summed E-state index contributed by atoms with van der Waals surface area (Å²) in [5.74, 6) is -0.338. The van der Waals surface area contributed by atoms with Crippen LogP contribution < -0.4 is 0 Å². The molecule has 1 fully saturated rings. The van der Waals surface area contributed by atoms with E-state index in [0.717, 1.165) is 19.3 Å². The van der Waals surface area contributed by atoms with Gasteiger partial charge in [-0.05, 0) is 50.9 Å². The Kier molecular flexibility index (Phi) is 4.16. The summed E-state index contributed by atoms with van der Waals surface area (Å²) in [7, 11) is 0. The van der Waals surface area contributed by atoms with Gasteiger partial charge in [0.05, 0.1) is 11.0 Å². The zero-order valence-corrected chi connectivity index (χ0v) is 12.4. The topological polar surface area (TPSA) is 57.5 Å². The molecule has 1 rings (SSSR count). The molecule has 2 atom stereocenters. The van der Waals surface area contributed by atoms with E-state index in [2.05, 4.69) is 20.8 Å². The van der Waals surface area contributed by atoms with Crippen molar-refractivity contribution < 1.29 is 15.0 Å². The highest BCUT2D eigenvalue weighted by Gasteiger charge is 2.49. The first-order valence-corrected chi connectivity index (χ1v) is 6.96. The first kappa shape index (κ1) is 15.5. The Morgan fingerprint density at radius 1 is 1.11 bits per heavy atom. The lowest BCUT2D eigenvalue weighted by Gasteiger charge is -2.39. The molecule has 0 radical (unpaired) electrons. The van der Waals surface area contributed by atoms with E-state index in [-0.39, 0.29) is 5.41 Å². The van der Waals surface area contributed by atoms with Crippen LogP contribution in [-0.4, -0.2) is 21.8 Å². The molecule has 0 aromatic heterocycles. The minimum absolute atomic E-state index is 0.235. The number of aliphatic carboxylic acids is 1. The van der Waals surface area contributed by atoms with Crippen molar-refractivity contribution >= 4 is 5.97 Å². The van der Waals surface area contributed by atoms with E-state index in [1.165, 1.54) is 0 Å². The Bertz CT molecular complexity index is 314. The fourth-order valence-electron chi connectivity index (χ4n) is 3.01. The second-order valence-electron chi connectivity index (χ2n) is 7.46. The minimum atomic E-state index is -1.07. The van der Waals surface area contributed by atoms with E-state index in [0.29, 0.717) is 18.8 Å². The van der Waals surface area contributed by atoms with Gasteiger partial charge in [-0.15, -0.1) is 0 Å². The fourth-order valence-corrected chi connectivity index (χ4v) is 3.01.